The predicted octanol–water partition coefficient (Wildman–Crippen LogP) is 2.20. The second-order valence-electron chi connectivity index (χ2n) is 7.20. The first-order valence-corrected chi connectivity index (χ1v) is 11.5. The Morgan fingerprint density at radius 1 is 1.17 bits per heavy atom. The Kier molecular flexibility index (Phi) is 7.48. The molecule has 3 amide bonds. The van der Waals surface area contributed by atoms with Gasteiger partial charge in [0.25, 0.3) is 11.1 Å². The van der Waals surface area contributed by atoms with E-state index in [2.05, 4.69) is 20.9 Å². The number of para-hydroxylation sites is 1. The largest absolute Gasteiger partial charge is 0.426 e. The second kappa shape index (κ2) is 10.9. The Morgan fingerprint density at radius 2 is 1.91 bits per heavy atom. The summed E-state index contributed by atoms with van der Waals surface area (Å²) in [5.41, 5.74) is 3.90. The van der Waals surface area contributed by atoms with E-state index in [0.29, 0.717) is 10.3 Å². The Labute approximate surface area is 208 Å². The molecule has 35 heavy (non-hydrogen) atoms. The van der Waals surface area contributed by atoms with Crippen LogP contribution >= 0.6 is 24.0 Å². The van der Waals surface area contributed by atoms with E-state index in [0.717, 1.165) is 17.4 Å². The summed E-state index contributed by atoms with van der Waals surface area (Å²) in [4.78, 5) is 46.9. The van der Waals surface area contributed by atoms with Crippen molar-refractivity contribution in [3.8, 4) is 11.4 Å². The molecule has 1 saturated heterocycles. The number of thioether (sulfide) groups is 1. The van der Waals surface area contributed by atoms with E-state index < -0.39 is 28.3 Å². The number of imide groups is 1. The minimum Gasteiger partial charge on any atom is -0.426 e. The Bertz CT molecular complexity index is 1350. The van der Waals surface area contributed by atoms with Crippen LogP contribution in [0.5, 0.6) is 5.75 Å². The fraction of sp³-hybridized carbons (Fsp3) is 0.136. The molecule has 2 heterocycles. The van der Waals surface area contributed by atoms with Gasteiger partial charge in [-0.05, 0) is 54.2 Å². The van der Waals surface area contributed by atoms with Gasteiger partial charge in [0.15, 0.2) is 0 Å². The quantitative estimate of drug-likeness (QED) is 0.155. The Balaban J connectivity index is 1.26. The number of nitrogens with zero attached hydrogens (tertiary/aromatic N) is 4. The number of hydrogen-bond acceptors (Lipinski definition) is 9. The molecule has 1 unspecified atom stereocenters. The van der Waals surface area contributed by atoms with Gasteiger partial charge in [0.2, 0.25) is 10.7 Å². The third-order valence-corrected chi connectivity index (χ3v) is 6.08. The summed E-state index contributed by atoms with van der Waals surface area (Å²) in [6.07, 6.45) is 2.75. The zero-order valence-corrected chi connectivity index (χ0v) is 19.6. The molecule has 0 bridgehead atoms. The highest BCUT2D eigenvalue weighted by molar-refractivity contribution is 8.15. The Morgan fingerprint density at radius 3 is 2.60 bits per heavy atom. The van der Waals surface area contributed by atoms with E-state index in [1.165, 1.54) is 10.9 Å². The first kappa shape index (κ1) is 24.0. The lowest BCUT2D eigenvalue weighted by Crippen LogP contribution is -2.27. The van der Waals surface area contributed by atoms with E-state index >= 15 is 0 Å². The third kappa shape index (κ3) is 6.28. The maximum Gasteiger partial charge on any atom is 0.312 e. The number of amides is 3. The summed E-state index contributed by atoms with van der Waals surface area (Å²) in [6, 6.07) is 15.8. The number of ether oxygens (including phenoxy) is 1. The zero-order valence-electron chi connectivity index (χ0n) is 18.0. The van der Waals surface area contributed by atoms with Gasteiger partial charge in [0.05, 0.1) is 12.6 Å². The molecule has 0 saturated carbocycles. The van der Waals surface area contributed by atoms with Crippen LogP contribution in [0.1, 0.15) is 12.0 Å². The number of hydrazone groups is 1. The van der Waals surface area contributed by atoms with Gasteiger partial charge in [-0.15, -0.1) is 0 Å². The van der Waals surface area contributed by atoms with Gasteiger partial charge < -0.3 is 4.74 Å². The van der Waals surface area contributed by atoms with Crippen molar-refractivity contribution in [3.63, 3.8) is 0 Å². The molecule has 1 fully saturated rings. The summed E-state index contributed by atoms with van der Waals surface area (Å²) in [5.74, 6) is -1.27. The molecule has 13 heteroatoms. The molecule has 4 rings (SSSR count). The van der Waals surface area contributed by atoms with Crippen molar-refractivity contribution in [3.05, 3.63) is 71.3 Å². The molecule has 11 nitrogen and oxygen atoms in total. The molecular formula is C22H18N6O5S2. The lowest BCUT2D eigenvalue weighted by atomic mass is 10.2. The molecule has 1 aliphatic heterocycles. The van der Waals surface area contributed by atoms with Gasteiger partial charge in [-0.3, -0.25) is 29.1 Å². The molecule has 1 aromatic heterocycles. The van der Waals surface area contributed by atoms with Crippen molar-refractivity contribution in [2.45, 2.75) is 18.2 Å². The van der Waals surface area contributed by atoms with Gasteiger partial charge in [0, 0.05) is 5.69 Å². The SMILES string of the molecule is O=C(Cn1ncn(-c2ccccc2)c1=S)N/N=C\c1ccc(OC(=O)CC2SC(=O)NC2=O)cc1. The number of carbonyl (C=O) groups excluding carboxylic acids is 4. The van der Waals surface area contributed by atoms with E-state index in [9.17, 15) is 19.2 Å². The molecule has 2 aromatic carbocycles. The van der Waals surface area contributed by atoms with Crippen molar-refractivity contribution in [1.29, 1.82) is 0 Å². The smallest absolute Gasteiger partial charge is 0.312 e. The standard InChI is InChI=1S/C22H18N6O5S2/c29-18(12-28-22(34)27(13-24-28)15-4-2-1-3-5-15)26-23-11-14-6-8-16(9-7-14)33-19(30)10-17-20(31)25-21(32)35-17/h1-9,11,13,17H,10,12H2,(H,26,29)(H,25,31,32)/b23-11-. The third-order valence-electron chi connectivity index (χ3n) is 4.69. The lowest BCUT2D eigenvalue weighted by Gasteiger charge is -2.06. The molecule has 0 spiro atoms. The topological polar surface area (TPSA) is 137 Å². The van der Waals surface area contributed by atoms with Crippen LogP contribution in [0.3, 0.4) is 0 Å². The van der Waals surface area contributed by atoms with E-state index in [1.54, 1.807) is 35.2 Å². The van der Waals surface area contributed by atoms with Crippen molar-refractivity contribution < 1.29 is 23.9 Å². The summed E-state index contributed by atoms with van der Waals surface area (Å²) in [6.45, 7) is -0.103. The second-order valence-corrected chi connectivity index (χ2v) is 8.74. The number of rotatable bonds is 8. The highest BCUT2D eigenvalue weighted by atomic mass is 32.2. The summed E-state index contributed by atoms with van der Waals surface area (Å²) in [5, 5.41) is 8.92. The first-order chi connectivity index (χ1) is 16.9. The van der Waals surface area contributed by atoms with Crippen LogP contribution < -0.4 is 15.5 Å². The molecule has 2 N–H and O–H groups in total. The van der Waals surface area contributed by atoms with Crippen LogP contribution in [0.15, 0.2) is 66.0 Å². The minimum absolute atomic E-state index is 0.103. The van der Waals surface area contributed by atoms with Crippen LogP contribution in [0.2, 0.25) is 0 Å². The lowest BCUT2D eigenvalue weighted by molar-refractivity contribution is -0.135. The molecule has 0 radical (unpaired) electrons. The average Bonchev–Trinajstić information content (AvgIpc) is 3.35. The van der Waals surface area contributed by atoms with Crippen LogP contribution in [-0.4, -0.2) is 48.8 Å². The van der Waals surface area contributed by atoms with Crippen molar-refractivity contribution in [2.24, 2.45) is 5.10 Å². The van der Waals surface area contributed by atoms with Crippen LogP contribution in [0.4, 0.5) is 4.79 Å². The minimum atomic E-state index is -0.785. The first-order valence-electron chi connectivity index (χ1n) is 10.2. The number of esters is 1. The molecule has 0 aliphatic carbocycles. The Hall–Kier alpha value is -4.10. The van der Waals surface area contributed by atoms with Crippen molar-refractivity contribution in [1.82, 2.24) is 25.1 Å². The fourth-order valence-electron chi connectivity index (χ4n) is 3.04. The van der Waals surface area contributed by atoms with Gasteiger partial charge in [-0.1, -0.05) is 30.0 Å². The number of aromatic nitrogens is 3. The van der Waals surface area contributed by atoms with Gasteiger partial charge >= 0.3 is 5.97 Å². The maximum atomic E-state index is 12.2. The van der Waals surface area contributed by atoms with Crippen molar-refractivity contribution in [2.75, 3.05) is 0 Å². The number of nitrogens with one attached hydrogen (secondary N) is 2. The van der Waals surface area contributed by atoms with Crippen LogP contribution in [0, 0.1) is 4.77 Å². The van der Waals surface area contributed by atoms with Crippen molar-refractivity contribution >= 4 is 53.2 Å². The zero-order chi connectivity index (χ0) is 24.8. The number of benzene rings is 2. The van der Waals surface area contributed by atoms with E-state index in [4.69, 9.17) is 17.0 Å². The molecule has 1 atom stereocenters. The van der Waals surface area contributed by atoms with Gasteiger partial charge in [-0.25, -0.2) is 10.1 Å². The van der Waals surface area contributed by atoms with Gasteiger partial charge in [-0.2, -0.15) is 10.2 Å². The van der Waals surface area contributed by atoms with Crippen LogP contribution in [-0.2, 0) is 20.9 Å². The van der Waals surface area contributed by atoms with Crippen LogP contribution in [0.25, 0.3) is 5.69 Å². The molecule has 178 valence electrons. The van der Waals surface area contributed by atoms with E-state index in [1.807, 2.05) is 30.3 Å². The molecule has 3 aromatic rings. The maximum absolute atomic E-state index is 12.2. The fourth-order valence-corrected chi connectivity index (χ4v) is 4.10. The number of hydrogen-bond donors (Lipinski definition) is 2. The summed E-state index contributed by atoms with van der Waals surface area (Å²) >= 11 is 6.14. The monoisotopic (exact) mass is 510 g/mol. The average molecular weight is 511 g/mol. The van der Waals surface area contributed by atoms with Gasteiger partial charge in [0.1, 0.15) is 23.9 Å². The van der Waals surface area contributed by atoms with E-state index in [-0.39, 0.29) is 18.7 Å². The number of carbonyl (C=O) groups is 4. The normalized spacial score (nSPS) is 15.3. The molecule has 1 aliphatic rings. The highest BCUT2D eigenvalue weighted by Gasteiger charge is 2.33. The summed E-state index contributed by atoms with van der Waals surface area (Å²) < 4.78 is 8.65. The predicted molar refractivity (Wildman–Crippen MR) is 130 cm³/mol. The molecular weight excluding hydrogens is 492 g/mol. The summed E-state index contributed by atoms with van der Waals surface area (Å²) in [7, 11) is 0. The highest BCUT2D eigenvalue weighted by Crippen LogP contribution is 2.23.